The van der Waals surface area contributed by atoms with Crippen molar-refractivity contribution in [2.24, 2.45) is 0 Å². The van der Waals surface area contributed by atoms with Gasteiger partial charge in [-0.1, -0.05) is 15.9 Å². The molecule has 3 nitrogen and oxygen atoms in total. The van der Waals surface area contributed by atoms with E-state index in [1.807, 2.05) is 18.2 Å². The third-order valence-electron chi connectivity index (χ3n) is 3.11. The van der Waals surface area contributed by atoms with E-state index in [1.54, 1.807) is 0 Å². The molecule has 0 spiro atoms. The highest BCUT2D eigenvalue weighted by atomic mass is 79.9. The first-order valence-electron chi connectivity index (χ1n) is 6.19. The van der Waals surface area contributed by atoms with Crippen molar-refractivity contribution in [1.29, 1.82) is 0 Å². The molecular formula is C14H13Br2N3. The molecule has 0 amide bonds. The molecule has 1 aliphatic rings. The van der Waals surface area contributed by atoms with E-state index in [4.69, 9.17) is 0 Å². The van der Waals surface area contributed by atoms with Crippen LogP contribution in [0.25, 0.3) is 0 Å². The van der Waals surface area contributed by atoms with Gasteiger partial charge in [0.25, 0.3) is 0 Å². The van der Waals surface area contributed by atoms with Crippen LogP contribution in [0.4, 0.5) is 11.5 Å². The number of aromatic nitrogens is 2. The van der Waals surface area contributed by atoms with E-state index >= 15 is 0 Å². The molecule has 1 aromatic carbocycles. The summed E-state index contributed by atoms with van der Waals surface area (Å²) in [6.07, 6.45) is 2.40. The molecule has 19 heavy (non-hydrogen) atoms. The van der Waals surface area contributed by atoms with Crippen molar-refractivity contribution in [3.8, 4) is 0 Å². The van der Waals surface area contributed by atoms with Gasteiger partial charge in [-0.05, 0) is 59.5 Å². The summed E-state index contributed by atoms with van der Waals surface area (Å²) in [5, 5.41) is 3.36. The molecule has 1 aliphatic carbocycles. The van der Waals surface area contributed by atoms with E-state index in [0.29, 0.717) is 5.92 Å². The fourth-order valence-electron chi connectivity index (χ4n) is 1.93. The van der Waals surface area contributed by atoms with Gasteiger partial charge in [-0.3, -0.25) is 0 Å². The lowest BCUT2D eigenvalue weighted by Gasteiger charge is -2.10. The zero-order valence-electron chi connectivity index (χ0n) is 10.5. The average Bonchev–Trinajstić information content (AvgIpc) is 3.16. The SMILES string of the molecule is Cc1cc(Br)ccc1Nc1cc(Br)nc(C2CC2)n1. The first-order valence-corrected chi connectivity index (χ1v) is 7.78. The number of anilines is 2. The summed E-state index contributed by atoms with van der Waals surface area (Å²) in [5.74, 6) is 2.32. The molecule has 1 aromatic heterocycles. The van der Waals surface area contributed by atoms with E-state index in [-0.39, 0.29) is 0 Å². The number of rotatable bonds is 3. The molecule has 1 heterocycles. The third-order valence-corrected chi connectivity index (χ3v) is 4.01. The van der Waals surface area contributed by atoms with Crippen molar-refractivity contribution in [2.75, 3.05) is 5.32 Å². The second-order valence-corrected chi connectivity index (χ2v) is 6.52. The van der Waals surface area contributed by atoms with Crippen LogP contribution in [0.15, 0.2) is 33.3 Å². The normalized spacial score (nSPS) is 14.5. The highest BCUT2D eigenvalue weighted by molar-refractivity contribution is 9.10. The second-order valence-electron chi connectivity index (χ2n) is 4.79. The molecule has 1 N–H and O–H groups in total. The Morgan fingerprint density at radius 2 is 1.95 bits per heavy atom. The van der Waals surface area contributed by atoms with Crippen molar-refractivity contribution in [2.45, 2.75) is 25.7 Å². The zero-order chi connectivity index (χ0) is 13.4. The van der Waals surface area contributed by atoms with Crippen molar-refractivity contribution in [1.82, 2.24) is 9.97 Å². The number of benzene rings is 1. The van der Waals surface area contributed by atoms with E-state index in [2.05, 4.69) is 60.1 Å². The Balaban J connectivity index is 1.89. The summed E-state index contributed by atoms with van der Waals surface area (Å²) in [5.41, 5.74) is 2.24. The maximum Gasteiger partial charge on any atom is 0.135 e. The Morgan fingerprint density at radius 1 is 1.16 bits per heavy atom. The summed E-state index contributed by atoms with van der Waals surface area (Å²) < 4.78 is 1.92. The number of hydrogen-bond donors (Lipinski definition) is 1. The van der Waals surface area contributed by atoms with E-state index in [1.165, 1.54) is 18.4 Å². The van der Waals surface area contributed by atoms with Gasteiger partial charge in [0.2, 0.25) is 0 Å². The molecule has 0 unspecified atom stereocenters. The summed E-state index contributed by atoms with van der Waals surface area (Å²) >= 11 is 6.93. The molecule has 5 heteroatoms. The van der Waals surface area contributed by atoms with Crippen LogP contribution in [0.5, 0.6) is 0 Å². The van der Waals surface area contributed by atoms with Crippen LogP contribution < -0.4 is 5.32 Å². The molecule has 0 atom stereocenters. The van der Waals surface area contributed by atoms with Gasteiger partial charge in [0.15, 0.2) is 0 Å². The van der Waals surface area contributed by atoms with Crippen molar-refractivity contribution < 1.29 is 0 Å². The predicted octanol–water partition coefficient (Wildman–Crippen LogP) is 4.93. The molecule has 3 rings (SSSR count). The average molecular weight is 383 g/mol. The highest BCUT2D eigenvalue weighted by Gasteiger charge is 2.27. The lowest BCUT2D eigenvalue weighted by Crippen LogP contribution is -2.00. The quantitative estimate of drug-likeness (QED) is 0.764. The van der Waals surface area contributed by atoms with E-state index in [0.717, 1.165) is 26.4 Å². The van der Waals surface area contributed by atoms with Gasteiger partial charge in [0, 0.05) is 22.1 Å². The lowest BCUT2D eigenvalue weighted by molar-refractivity contribution is 0.919. The fraction of sp³-hybridized carbons (Fsp3) is 0.286. The number of halogens is 2. The number of nitrogens with zero attached hydrogens (tertiary/aromatic N) is 2. The van der Waals surface area contributed by atoms with E-state index in [9.17, 15) is 0 Å². The topological polar surface area (TPSA) is 37.8 Å². The minimum absolute atomic E-state index is 0.545. The molecule has 2 aromatic rings. The Hall–Kier alpha value is -0.940. The molecule has 0 bridgehead atoms. The Kier molecular flexibility index (Phi) is 3.58. The second kappa shape index (κ2) is 5.21. The smallest absolute Gasteiger partial charge is 0.135 e. The molecule has 1 saturated carbocycles. The largest absolute Gasteiger partial charge is 0.340 e. The van der Waals surface area contributed by atoms with Crippen LogP contribution in [-0.2, 0) is 0 Å². The summed E-state index contributed by atoms with van der Waals surface area (Å²) in [4.78, 5) is 9.02. The molecule has 0 aliphatic heterocycles. The zero-order valence-corrected chi connectivity index (χ0v) is 13.6. The summed E-state index contributed by atoms with van der Waals surface area (Å²) in [6.45, 7) is 2.07. The van der Waals surface area contributed by atoms with Crippen LogP contribution in [0.3, 0.4) is 0 Å². The Labute approximate surface area is 129 Å². The minimum Gasteiger partial charge on any atom is -0.340 e. The van der Waals surface area contributed by atoms with Crippen molar-refractivity contribution in [3.63, 3.8) is 0 Å². The van der Waals surface area contributed by atoms with Gasteiger partial charge >= 0.3 is 0 Å². The Bertz CT molecular complexity index is 624. The maximum absolute atomic E-state index is 4.59. The van der Waals surface area contributed by atoms with Crippen LogP contribution in [0, 0.1) is 6.92 Å². The van der Waals surface area contributed by atoms with Gasteiger partial charge in [0.1, 0.15) is 16.2 Å². The van der Waals surface area contributed by atoms with Gasteiger partial charge in [-0.25, -0.2) is 9.97 Å². The minimum atomic E-state index is 0.545. The number of aryl methyl sites for hydroxylation is 1. The standard InChI is InChI=1S/C14H13Br2N3/c1-8-6-10(15)4-5-11(8)17-13-7-12(16)18-14(19-13)9-2-3-9/h4-7,9H,2-3H2,1H3,(H,17,18,19). The van der Waals surface area contributed by atoms with Gasteiger partial charge < -0.3 is 5.32 Å². The maximum atomic E-state index is 4.59. The fourth-order valence-corrected chi connectivity index (χ4v) is 2.80. The lowest BCUT2D eigenvalue weighted by atomic mass is 10.2. The molecule has 0 radical (unpaired) electrons. The summed E-state index contributed by atoms with van der Waals surface area (Å²) in [6, 6.07) is 8.06. The molecule has 0 saturated heterocycles. The van der Waals surface area contributed by atoms with Crippen LogP contribution in [0.2, 0.25) is 0 Å². The van der Waals surface area contributed by atoms with Crippen LogP contribution >= 0.6 is 31.9 Å². The first-order chi connectivity index (χ1) is 9.11. The predicted molar refractivity (Wildman–Crippen MR) is 83.9 cm³/mol. The van der Waals surface area contributed by atoms with E-state index < -0.39 is 0 Å². The Morgan fingerprint density at radius 3 is 2.63 bits per heavy atom. The van der Waals surface area contributed by atoms with Crippen LogP contribution in [-0.4, -0.2) is 9.97 Å². The van der Waals surface area contributed by atoms with Gasteiger partial charge in [0.05, 0.1) is 0 Å². The van der Waals surface area contributed by atoms with Crippen LogP contribution in [0.1, 0.15) is 30.1 Å². The highest BCUT2D eigenvalue weighted by Crippen LogP contribution is 2.39. The van der Waals surface area contributed by atoms with Crippen molar-refractivity contribution >= 4 is 43.4 Å². The number of nitrogens with one attached hydrogen (secondary N) is 1. The van der Waals surface area contributed by atoms with Crippen molar-refractivity contribution in [3.05, 3.63) is 44.7 Å². The first kappa shape index (κ1) is 13.1. The number of hydrogen-bond acceptors (Lipinski definition) is 3. The third kappa shape index (κ3) is 3.15. The molecule has 1 fully saturated rings. The monoisotopic (exact) mass is 381 g/mol. The summed E-state index contributed by atoms with van der Waals surface area (Å²) in [7, 11) is 0. The molecular weight excluding hydrogens is 370 g/mol. The van der Waals surface area contributed by atoms with Gasteiger partial charge in [-0.15, -0.1) is 0 Å². The van der Waals surface area contributed by atoms with Gasteiger partial charge in [-0.2, -0.15) is 0 Å². The molecule has 98 valence electrons.